The standard InChI is InChI=1S/C27H26FNO3/c1-4-6-20(15-25(27(30)31)24-16-22(28)11-7-18(24)3)26-14-10-21(17-29-26)19-8-12-23(13-9-19)32-5-2/h6-17H,4-5H2,1-3H3,(H,30,31)/b20-6-,25-15+. The molecule has 0 atom stereocenters. The predicted molar refractivity (Wildman–Crippen MR) is 126 cm³/mol. The van der Waals surface area contributed by atoms with Crippen LogP contribution in [0.5, 0.6) is 5.75 Å². The first-order valence-electron chi connectivity index (χ1n) is 10.5. The maximum Gasteiger partial charge on any atom is 0.336 e. The number of benzene rings is 2. The van der Waals surface area contributed by atoms with E-state index in [0.29, 0.717) is 35.4 Å². The van der Waals surface area contributed by atoms with Gasteiger partial charge < -0.3 is 9.84 Å². The lowest BCUT2D eigenvalue weighted by Crippen LogP contribution is -2.03. The summed E-state index contributed by atoms with van der Waals surface area (Å²) >= 11 is 0. The number of allylic oxidation sites excluding steroid dienone is 3. The quantitative estimate of drug-likeness (QED) is 0.324. The van der Waals surface area contributed by atoms with Gasteiger partial charge in [0.2, 0.25) is 0 Å². The summed E-state index contributed by atoms with van der Waals surface area (Å²) in [5.41, 5.74) is 4.34. The highest BCUT2D eigenvalue weighted by molar-refractivity contribution is 6.18. The molecule has 0 radical (unpaired) electrons. The van der Waals surface area contributed by atoms with Crippen molar-refractivity contribution in [1.82, 2.24) is 4.98 Å². The number of hydrogen-bond acceptors (Lipinski definition) is 3. The van der Waals surface area contributed by atoms with Gasteiger partial charge >= 0.3 is 5.97 Å². The minimum absolute atomic E-state index is 0.0269. The molecular weight excluding hydrogens is 405 g/mol. The lowest BCUT2D eigenvalue weighted by atomic mass is 9.96. The Hall–Kier alpha value is -3.73. The Kier molecular flexibility index (Phi) is 7.55. The Morgan fingerprint density at radius 1 is 1.06 bits per heavy atom. The van der Waals surface area contributed by atoms with Crippen molar-refractivity contribution in [2.75, 3.05) is 6.61 Å². The van der Waals surface area contributed by atoms with Crippen molar-refractivity contribution in [3.05, 3.63) is 95.6 Å². The van der Waals surface area contributed by atoms with E-state index in [1.165, 1.54) is 12.1 Å². The molecule has 0 amide bonds. The van der Waals surface area contributed by atoms with Gasteiger partial charge in [0, 0.05) is 11.8 Å². The van der Waals surface area contributed by atoms with Crippen LogP contribution in [0.3, 0.4) is 0 Å². The number of aliphatic carboxylic acids is 1. The summed E-state index contributed by atoms with van der Waals surface area (Å²) in [5.74, 6) is -0.781. The molecular formula is C27H26FNO3. The largest absolute Gasteiger partial charge is 0.494 e. The van der Waals surface area contributed by atoms with Crippen LogP contribution in [0.15, 0.2) is 72.9 Å². The molecule has 2 aromatic carbocycles. The van der Waals surface area contributed by atoms with Crippen molar-refractivity contribution >= 4 is 17.1 Å². The molecule has 0 saturated heterocycles. The second kappa shape index (κ2) is 10.5. The van der Waals surface area contributed by atoms with Crippen molar-refractivity contribution in [3.63, 3.8) is 0 Å². The van der Waals surface area contributed by atoms with Crippen LogP contribution in [0.1, 0.15) is 37.1 Å². The van der Waals surface area contributed by atoms with Crippen LogP contribution < -0.4 is 4.74 Å². The number of carbonyl (C=O) groups is 1. The fraction of sp³-hybridized carbons (Fsp3) is 0.185. The van der Waals surface area contributed by atoms with Crippen LogP contribution in [0.4, 0.5) is 4.39 Å². The van der Waals surface area contributed by atoms with E-state index in [4.69, 9.17) is 4.74 Å². The molecule has 5 heteroatoms. The van der Waals surface area contributed by atoms with Crippen molar-refractivity contribution in [2.45, 2.75) is 27.2 Å². The van der Waals surface area contributed by atoms with Gasteiger partial charge in [0.25, 0.3) is 0 Å². The normalized spacial score (nSPS) is 12.0. The first kappa shape index (κ1) is 22.9. The summed E-state index contributed by atoms with van der Waals surface area (Å²) in [4.78, 5) is 16.6. The van der Waals surface area contributed by atoms with Crippen molar-refractivity contribution < 1.29 is 19.0 Å². The molecule has 0 aliphatic heterocycles. The van der Waals surface area contributed by atoms with Gasteiger partial charge in [-0.1, -0.05) is 37.3 Å². The van der Waals surface area contributed by atoms with Gasteiger partial charge in [-0.05, 0) is 78.9 Å². The molecule has 4 nitrogen and oxygen atoms in total. The predicted octanol–water partition coefficient (Wildman–Crippen LogP) is 6.56. The Balaban J connectivity index is 1.96. The van der Waals surface area contributed by atoms with Gasteiger partial charge in [0.15, 0.2) is 0 Å². The maximum atomic E-state index is 13.8. The van der Waals surface area contributed by atoms with E-state index in [0.717, 1.165) is 16.9 Å². The van der Waals surface area contributed by atoms with Gasteiger partial charge in [-0.3, -0.25) is 4.98 Å². The Labute approximate surface area is 187 Å². The average molecular weight is 432 g/mol. The Morgan fingerprint density at radius 2 is 1.78 bits per heavy atom. The van der Waals surface area contributed by atoms with Crippen LogP contribution in [0.25, 0.3) is 22.3 Å². The SMILES string of the molecule is CC/C=C(/C=C(/C(=O)O)c1cc(F)ccc1C)c1ccc(-c2ccc(OCC)cc2)cn1. The highest BCUT2D eigenvalue weighted by atomic mass is 19.1. The Bertz CT molecular complexity index is 1150. The summed E-state index contributed by atoms with van der Waals surface area (Å²) in [6, 6.07) is 15.7. The summed E-state index contributed by atoms with van der Waals surface area (Å²) in [5, 5.41) is 9.81. The van der Waals surface area contributed by atoms with E-state index in [1.807, 2.05) is 56.3 Å². The van der Waals surface area contributed by atoms with E-state index < -0.39 is 11.8 Å². The van der Waals surface area contributed by atoms with Crippen LogP contribution in [0, 0.1) is 12.7 Å². The molecule has 0 fully saturated rings. The first-order valence-corrected chi connectivity index (χ1v) is 10.5. The molecule has 0 bridgehead atoms. The molecule has 32 heavy (non-hydrogen) atoms. The zero-order chi connectivity index (χ0) is 23.1. The number of hydrogen-bond donors (Lipinski definition) is 1. The summed E-state index contributed by atoms with van der Waals surface area (Å²) in [6.45, 7) is 6.29. The fourth-order valence-corrected chi connectivity index (χ4v) is 3.40. The zero-order valence-electron chi connectivity index (χ0n) is 18.4. The van der Waals surface area contributed by atoms with Crippen LogP contribution >= 0.6 is 0 Å². The van der Waals surface area contributed by atoms with Crippen LogP contribution in [-0.4, -0.2) is 22.7 Å². The number of rotatable bonds is 8. The zero-order valence-corrected chi connectivity index (χ0v) is 18.4. The minimum atomic E-state index is -1.12. The highest BCUT2D eigenvalue weighted by Gasteiger charge is 2.15. The van der Waals surface area contributed by atoms with Gasteiger partial charge in [0.1, 0.15) is 11.6 Å². The van der Waals surface area contributed by atoms with Crippen molar-refractivity contribution in [2.24, 2.45) is 0 Å². The summed E-state index contributed by atoms with van der Waals surface area (Å²) in [7, 11) is 0. The van der Waals surface area contributed by atoms with Crippen molar-refractivity contribution in [3.8, 4) is 16.9 Å². The highest BCUT2D eigenvalue weighted by Crippen LogP contribution is 2.27. The topological polar surface area (TPSA) is 59.4 Å². The molecule has 0 aliphatic carbocycles. The maximum absolute atomic E-state index is 13.8. The lowest BCUT2D eigenvalue weighted by molar-refractivity contribution is -0.130. The third kappa shape index (κ3) is 5.49. The van der Waals surface area contributed by atoms with Crippen molar-refractivity contribution in [1.29, 1.82) is 0 Å². The molecule has 1 N–H and O–H groups in total. The second-order valence-corrected chi connectivity index (χ2v) is 7.28. The van der Waals surface area contributed by atoms with E-state index in [1.54, 1.807) is 25.3 Å². The summed E-state index contributed by atoms with van der Waals surface area (Å²) < 4.78 is 19.3. The number of aryl methyl sites for hydroxylation is 1. The minimum Gasteiger partial charge on any atom is -0.494 e. The van der Waals surface area contributed by atoms with Gasteiger partial charge in [0.05, 0.1) is 17.9 Å². The number of carboxylic acids is 1. The average Bonchev–Trinajstić information content (AvgIpc) is 2.79. The third-order valence-electron chi connectivity index (χ3n) is 5.00. The molecule has 3 rings (SSSR count). The number of aromatic nitrogens is 1. The lowest BCUT2D eigenvalue weighted by Gasteiger charge is -2.10. The van der Waals surface area contributed by atoms with E-state index in [-0.39, 0.29) is 5.57 Å². The number of pyridine rings is 1. The van der Waals surface area contributed by atoms with Gasteiger partial charge in [-0.2, -0.15) is 0 Å². The molecule has 3 aromatic rings. The number of carboxylic acid groups (broad SMARTS) is 1. The van der Waals surface area contributed by atoms with Crippen LogP contribution in [-0.2, 0) is 4.79 Å². The smallest absolute Gasteiger partial charge is 0.336 e. The number of nitrogens with zero attached hydrogens (tertiary/aromatic N) is 1. The molecule has 1 aromatic heterocycles. The van der Waals surface area contributed by atoms with Gasteiger partial charge in [-0.15, -0.1) is 0 Å². The molecule has 164 valence electrons. The Morgan fingerprint density at radius 3 is 2.38 bits per heavy atom. The fourth-order valence-electron chi connectivity index (χ4n) is 3.40. The first-order chi connectivity index (χ1) is 15.4. The summed E-state index contributed by atoms with van der Waals surface area (Å²) in [6.07, 6.45) is 5.93. The molecule has 1 heterocycles. The number of halogens is 1. The molecule has 0 unspecified atom stereocenters. The molecule has 0 spiro atoms. The second-order valence-electron chi connectivity index (χ2n) is 7.28. The van der Waals surface area contributed by atoms with E-state index in [2.05, 4.69) is 4.98 Å². The molecule has 0 saturated carbocycles. The van der Waals surface area contributed by atoms with Crippen LogP contribution in [0.2, 0.25) is 0 Å². The third-order valence-corrected chi connectivity index (χ3v) is 5.00. The monoisotopic (exact) mass is 431 g/mol. The van der Waals surface area contributed by atoms with Gasteiger partial charge in [-0.25, -0.2) is 9.18 Å². The van der Waals surface area contributed by atoms with E-state index in [9.17, 15) is 14.3 Å². The van der Waals surface area contributed by atoms with E-state index >= 15 is 0 Å². The molecule has 0 aliphatic rings. The number of ether oxygens (including phenoxy) is 1.